The summed E-state index contributed by atoms with van der Waals surface area (Å²) in [6, 6.07) is 10.3. The SMILES string of the molecule is CCc1nn(C)c2c1[nH]c(=S)n2Cc1ccccc1. The van der Waals surface area contributed by atoms with E-state index in [2.05, 4.69) is 33.7 Å². The molecular formula is C14H16N4S. The van der Waals surface area contributed by atoms with Crippen LogP contribution in [0.4, 0.5) is 0 Å². The molecule has 3 aromatic rings. The van der Waals surface area contributed by atoms with Gasteiger partial charge in [0.15, 0.2) is 10.4 Å². The standard InChI is InChI=1S/C14H16N4S/c1-3-11-12-13(17(2)16-11)18(14(19)15-12)9-10-7-5-4-6-8-10/h4-8H,3,9H2,1-2H3,(H,15,19). The molecule has 0 radical (unpaired) electrons. The lowest BCUT2D eigenvalue weighted by molar-refractivity contribution is 0.709. The molecule has 0 atom stereocenters. The molecule has 0 bridgehead atoms. The Morgan fingerprint density at radius 2 is 2.00 bits per heavy atom. The number of imidazole rings is 1. The van der Waals surface area contributed by atoms with Crippen molar-refractivity contribution in [2.24, 2.45) is 7.05 Å². The van der Waals surface area contributed by atoms with Crippen molar-refractivity contribution in [3.8, 4) is 0 Å². The second-order valence-corrected chi connectivity index (χ2v) is 5.01. The summed E-state index contributed by atoms with van der Waals surface area (Å²) in [5.41, 5.74) is 4.42. The van der Waals surface area contributed by atoms with Gasteiger partial charge < -0.3 is 4.98 Å². The lowest BCUT2D eigenvalue weighted by Crippen LogP contribution is -2.04. The number of nitrogens with one attached hydrogen (secondary N) is 1. The zero-order chi connectivity index (χ0) is 13.4. The van der Waals surface area contributed by atoms with Crippen LogP contribution in [0, 0.1) is 4.77 Å². The van der Waals surface area contributed by atoms with Crippen LogP contribution in [0.1, 0.15) is 18.2 Å². The molecule has 0 amide bonds. The number of rotatable bonds is 3. The lowest BCUT2D eigenvalue weighted by Gasteiger charge is -2.04. The van der Waals surface area contributed by atoms with Crippen LogP contribution in [0.3, 0.4) is 0 Å². The van der Waals surface area contributed by atoms with Crippen LogP contribution in [0.2, 0.25) is 0 Å². The Morgan fingerprint density at radius 1 is 1.26 bits per heavy atom. The summed E-state index contributed by atoms with van der Waals surface area (Å²) in [6.07, 6.45) is 0.901. The van der Waals surface area contributed by atoms with E-state index in [1.165, 1.54) is 5.56 Å². The maximum absolute atomic E-state index is 5.44. The minimum absolute atomic E-state index is 0.751. The summed E-state index contributed by atoms with van der Waals surface area (Å²) in [5, 5.41) is 4.53. The van der Waals surface area contributed by atoms with Gasteiger partial charge in [-0.3, -0.25) is 9.25 Å². The first-order valence-electron chi connectivity index (χ1n) is 6.39. The average Bonchev–Trinajstić information content (AvgIpc) is 2.90. The van der Waals surface area contributed by atoms with Crippen LogP contribution >= 0.6 is 12.2 Å². The number of hydrogen-bond donors (Lipinski definition) is 1. The van der Waals surface area contributed by atoms with Crippen molar-refractivity contribution in [2.45, 2.75) is 19.9 Å². The maximum atomic E-state index is 5.44. The van der Waals surface area contributed by atoms with E-state index in [9.17, 15) is 0 Å². The third-order valence-corrected chi connectivity index (χ3v) is 3.66. The number of nitrogens with zero attached hydrogens (tertiary/aromatic N) is 3. The van der Waals surface area contributed by atoms with Gasteiger partial charge in [0.05, 0.1) is 12.2 Å². The second-order valence-electron chi connectivity index (χ2n) is 4.62. The summed E-state index contributed by atoms with van der Waals surface area (Å²) in [7, 11) is 1.96. The van der Waals surface area contributed by atoms with Gasteiger partial charge in [-0.15, -0.1) is 0 Å². The summed E-state index contributed by atoms with van der Waals surface area (Å²) in [5.74, 6) is 0. The van der Waals surface area contributed by atoms with Gasteiger partial charge >= 0.3 is 0 Å². The van der Waals surface area contributed by atoms with Crippen LogP contribution in [0.5, 0.6) is 0 Å². The van der Waals surface area contributed by atoms with Gasteiger partial charge in [-0.25, -0.2) is 0 Å². The van der Waals surface area contributed by atoms with Crippen molar-refractivity contribution in [3.63, 3.8) is 0 Å². The summed E-state index contributed by atoms with van der Waals surface area (Å²) in [4.78, 5) is 3.28. The minimum atomic E-state index is 0.751. The van der Waals surface area contributed by atoms with E-state index in [0.717, 1.165) is 34.6 Å². The molecule has 1 N–H and O–H groups in total. The number of benzene rings is 1. The van der Waals surface area contributed by atoms with E-state index >= 15 is 0 Å². The molecular weight excluding hydrogens is 256 g/mol. The number of hydrogen-bond acceptors (Lipinski definition) is 2. The van der Waals surface area contributed by atoms with Gasteiger partial charge in [0, 0.05) is 7.05 Å². The van der Waals surface area contributed by atoms with Crippen LogP contribution < -0.4 is 0 Å². The van der Waals surface area contributed by atoms with E-state index in [4.69, 9.17) is 12.2 Å². The van der Waals surface area contributed by atoms with Gasteiger partial charge in [-0.05, 0) is 24.2 Å². The predicted molar refractivity (Wildman–Crippen MR) is 78.8 cm³/mol. The number of fused-ring (bicyclic) bond motifs is 1. The van der Waals surface area contributed by atoms with Crippen molar-refractivity contribution in [2.75, 3.05) is 0 Å². The predicted octanol–water partition coefficient (Wildman–Crippen LogP) is 3.04. The van der Waals surface area contributed by atoms with Crippen molar-refractivity contribution in [1.82, 2.24) is 19.3 Å². The second kappa shape index (κ2) is 4.66. The third kappa shape index (κ3) is 2.00. The molecule has 0 saturated heterocycles. The maximum Gasteiger partial charge on any atom is 0.179 e. The normalized spacial score (nSPS) is 11.3. The molecule has 0 aliphatic rings. The highest BCUT2D eigenvalue weighted by Gasteiger charge is 2.14. The highest BCUT2D eigenvalue weighted by Crippen LogP contribution is 2.19. The number of H-pyrrole nitrogens is 1. The van der Waals surface area contributed by atoms with Crippen LogP contribution in [0.15, 0.2) is 30.3 Å². The highest BCUT2D eigenvalue weighted by atomic mass is 32.1. The Kier molecular flexibility index (Phi) is 2.98. The molecule has 4 nitrogen and oxygen atoms in total. The van der Waals surface area contributed by atoms with Crippen molar-refractivity contribution in [3.05, 3.63) is 46.4 Å². The van der Waals surface area contributed by atoms with Crippen molar-refractivity contribution >= 4 is 23.4 Å². The number of aryl methyl sites for hydroxylation is 2. The average molecular weight is 272 g/mol. The van der Waals surface area contributed by atoms with Gasteiger partial charge in [0.25, 0.3) is 0 Å². The van der Waals surface area contributed by atoms with Crippen LogP contribution in [-0.4, -0.2) is 19.3 Å². The van der Waals surface area contributed by atoms with Gasteiger partial charge in [0.2, 0.25) is 0 Å². The fraction of sp³-hybridized carbons (Fsp3) is 0.286. The zero-order valence-corrected chi connectivity index (χ0v) is 11.9. The molecule has 0 spiro atoms. The lowest BCUT2D eigenvalue weighted by atomic mass is 10.2. The Bertz CT molecular complexity index is 764. The highest BCUT2D eigenvalue weighted by molar-refractivity contribution is 7.71. The largest absolute Gasteiger partial charge is 0.328 e. The number of aromatic amines is 1. The third-order valence-electron chi connectivity index (χ3n) is 3.34. The quantitative estimate of drug-likeness (QED) is 0.744. The molecule has 0 aliphatic carbocycles. The fourth-order valence-corrected chi connectivity index (χ4v) is 2.69. The summed E-state index contributed by atoms with van der Waals surface area (Å²) >= 11 is 5.44. The molecule has 98 valence electrons. The minimum Gasteiger partial charge on any atom is -0.328 e. The first-order chi connectivity index (χ1) is 9.20. The Labute approximate surface area is 116 Å². The van der Waals surface area contributed by atoms with Gasteiger partial charge in [0.1, 0.15) is 5.52 Å². The van der Waals surface area contributed by atoms with E-state index < -0.39 is 0 Å². The smallest absolute Gasteiger partial charge is 0.179 e. The van der Waals surface area contributed by atoms with E-state index in [1.54, 1.807) is 0 Å². The molecule has 0 unspecified atom stereocenters. The molecule has 5 heteroatoms. The Morgan fingerprint density at radius 3 is 2.68 bits per heavy atom. The molecule has 0 fully saturated rings. The molecule has 2 aromatic heterocycles. The first kappa shape index (κ1) is 12.2. The van der Waals surface area contributed by atoms with Crippen LogP contribution in [-0.2, 0) is 20.0 Å². The van der Waals surface area contributed by atoms with E-state index in [0.29, 0.717) is 0 Å². The molecule has 19 heavy (non-hydrogen) atoms. The molecule has 0 aliphatic heterocycles. The Balaban J connectivity index is 2.16. The first-order valence-corrected chi connectivity index (χ1v) is 6.80. The summed E-state index contributed by atoms with van der Waals surface area (Å²) < 4.78 is 4.76. The topological polar surface area (TPSA) is 38.5 Å². The van der Waals surface area contributed by atoms with Crippen LogP contribution in [0.25, 0.3) is 11.2 Å². The fourth-order valence-electron chi connectivity index (χ4n) is 2.44. The van der Waals surface area contributed by atoms with Gasteiger partial charge in [-0.1, -0.05) is 37.3 Å². The molecule has 2 heterocycles. The molecule has 1 aromatic carbocycles. The number of aromatic nitrogens is 4. The van der Waals surface area contributed by atoms with E-state index in [1.807, 2.05) is 29.9 Å². The van der Waals surface area contributed by atoms with E-state index in [-0.39, 0.29) is 0 Å². The van der Waals surface area contributed by atoms with Crippen molar-refractivity contribution in [1.29, 1.82) is 0 Å². The zero-order valence-electron chi connectivity index (χ0n) is 11.1. The molecule has 3 rings (SSSR count). The molecule has 0 saturated carbocycles. The van der Waals surface area contributed by atoms with Gasteiger partial charge in [-0.2, -0.15) is 5.10 Å². The Hall–Kier alpha value is -1.88. The monoisotopic (exact) mass is 272 g/mol. The summed E-state index contributed by atoms with van der Waals surface area (Å²) in [6.45, 7) is 2.87. The van der Waals surface area contributed by atoms with Crippen molar-refractivity contribution < 1.29 is 0 Å².